The highest BCUT2D eigenvalue weighted by molar-refractivity contribution is 6.30. The van der Waals surface area contributed by atoms with E-state index in [9.17, 15) is 9.90 Å². The number of amides is 1. The maximum absolute atomic E-state index is 13.3. The summed E-state index contributed by atoms with van der Waals surface area (Å²) in [5.74, 6) is 0.00527. The number of rotatable bonds is 8. The van der Waals surface area contributed by atoms with Gasteiger partial charge in [0.1, 0.15) is 5.69 Å². The average Bonchev–Trinajstić information content (AvgIpc) is 3.24. The standard InChI is InChI=1S/C25H28ClN3O2/c1-2-3-4-5-22-16-28(15-18-6-8-19(17-30)9-7-18)25(31)24-14-23(27-29(22)24)20-10-12-21(26)13-11-20/h6-14,22,30H,2-5,15-17H2,1H3. The molecular weight excluding hydrogens is 410 g/mol. The SMILES string of the molecule is CCCCCC1CN(Cc2ccc(CO)cc2)C(=O)c2cc(-c3ccc(Cl)cc3)nn21. The van der Waals surface area contributed by atoms with Crippen molar-refractivity contribution >= 4 is 17.5 Å². The molecule has 0 spiro atoms. The van der Waals surface area contributed by atoms with Gasteiger partial charge in [-0.05, 0) is 35.7 Å². The van der Waals surface area contributed by atoms with E-state index in [-0.39, 0.29) is 18.6 Å². The quantitative estimate of drug-likeness (QED) is 0.475. The van der Waals surface area contributed by atoms with Gasteiger partial charge < -0.3 is 10.0 Å². The average molecular weight is 438 g/mol. The van der Waals surface area contributed by atoms with Crippen molar-refractivity contribution in [1.29, 1.82) is 0 Å². The molecule has 162 valence electrons. The van der Waals surface area contributed by atoms with E-state index < -0.39 is 0 Å². The number of benzene rings is 2. The van der Waals surface area contributed by atoms with Gasteiger partial charge in [0, 0.05) is 23.7 Å². The van der Waals surface area contributed by atoms with Crippen LogP contribution in [0.25, 0.3) is 11.3 Å². The van der Waals surface area contributed by atoms with Gasteiger partial charge in [0.25, 0.3) is 5.91 Å². The third kappa shape index (κ3) is 4.83. The van der Waals surface area contributed by atoms with Crippen LogP contribution < -0.4 is 0 Å². The molecule has 0 aliphatic carbocycles. The Morgan fingerprint density at radius 1 is 1.06 bits per heavy atom. The molecule has 0 radical (unpaired) electrons. The summed E-state index contributed by atoms with van der Waals surface area (Å²) >= 11 is 6.03. The van der Waals surface area contributed by atoms with E-state index in [0.29, 0.717) is 23.8 Å². The summed E-state index contributed by atoms with van der Waals surface area (Å²) in [6, 6.07) is 17.4. The lowest BCUT2D eigenvalue weighted by Gasteiger charge is -2.33. The Kier molecular flexibility index (Phi) is 6.73. The predicted octanol–water partition coefficient (Wildman–Crippen LogP) is 5.47. The lowest BCUT2D eigenvalue weighted by molar-refractivity contribution is 0.0634. The van der Waals surface area contributed by atoms with Gasteiger partial charge in [-0.1, -0.05) is 74.2 Å². The van der Waals surface area contributed by atoms with Crippen LogP contribution in [0.15, 0.2) is 54.6 Å². The number of aromatic nitrogens is 2. The summed E-state index contributed by atoms with van der Waals surface area (Å²) < 4.78 is 1.94. The molecule has 1 unspecified atom stereocenters. The molecule has 3 aromatic rings. The lowest BCUT2D eigenvalue weighted by Crippen LogP contribution is -2.42. The third-order valence-electron chi connectivity index (χ3n) is 5.88. The zero-order valence-corrected chi connectivity index (χ0v) is 18.6. The number of hydrogen-bond acceptors (Lipinski definition) is 3. The van der Waals surface area contributed by atoms with Crippen LogP contribution in [-0.2, 0) is 13.2 Å². The molecule has 0 fully saturated rings. The molecule has 0 saturated carbocycles. The first kappa shape index (κ1) is 21.6. The fourth-order valence-electron chi connectivity index (χ4n) is 4.12. The highest BCUT2D eigenvalue weighted by Gasteiger charge is 2.32. The van der Waals surface area contributed by atoms with Crippen LogP contribution in [0.4, 0.5) is 0 Å². The smallest absolute Gasteiger partial charge is 0.272 e. The van der Waals surface area contributed by atoms with Crippen molar-refractivity contribution in [3.8, 4) is 11.3 Å². The molecule has 31 heavy (non-hydrogen) atoms. The molecule has 1 aliphatic heterocycles. The van der Waals surface area contributed by atoms with Gasteiger partial charge >= 0.3 is 0 Å². The first-order valence-electron chi connectivity index (χ1n) is 10.9. The molecule has 1 aromatic heterocycles. The van der Waals surface area contributed by atoms with Crippen LogP contribution in [0.3, 0.4) is 0 Å². The minimum Gasteiger partial charge on any atom is -0.392 e. The van der Waals surface area contributed by atoms with E-state index in [2.05, 4.69) is 6.92 Å². The number of carbonyl (C=O) groups excluding carboxylic acids is 1. The minimum atomic E-state index is 0.00527. The van der Waals surface area contributed by atoms with Crippen LogP contribution in [0.5, 0.6) is 0 Å². The van der Waals surface area contributed by atoms with Crippen molar-refractivity contribution in [1.82, 2.24) is 14.7 Å². The molecule has 0 bridgehead atoms. The van der Waals surface area contributed by atoms with Crippen molar-refractivity contribution in [3.05, 3.63) is 76.4 Å². The number of nitrogens with zero attached hydrogens (tertiary/aromatic N) is 3. The first-order valence-corrected chi connectivity index (χ1v) is 11.3. The largest absolute Gasteiger partial charge is 0.392 e. The van der Waals surface area contributed by atoms with Gasteiger partial charge in [0.15, 0.2) is 0 Å². The topological polar surface area (TPSA) is 58.4 Å². The van der Waals surface area contributed by atoms with Crippen LogP contribution in [-0.4, -0.2) is 32.2 Å². The molecule has 4 rings (SSSR count). The van der Waals surface area contributed by atoms with Gasteiger partial charge in [0.05, 0.1) is 18.3 Å². The predicted molar refractivity (Wildman–Crippen MR) is 123 cm³/mol. The van der Waals surface area contributed by atoms with E-state index >= 15 is 0 Å². The van der Waals surface area contributed by atoms with E-state index in [1.807, 2.05) is 64.2 Å². The van der Waals surface area contributed by atoms with Gasteiger partial charge in [-0.15, -0.1) is 0 Å². The summed E-state index contributed by atoms with van der Waals surface area (Å²) in [5, 5.41) is 14.8. The Balaban J connectivity index is 1.62. The molecule has 0 saturated heterocycles. The summed E-state index contributed by atoms with van der Waals surface area (Å²) in [7, 11) is 0. The van der Waals surface area contributed by atoms with Crippen molar-refractivity contribution in [3.63, 3.8) is 0 Å². The maximum atomic E-state index is 13.3. The molecule has 2 aromatic carbocycles. The zero-order chi connectivity index (χ0) is 21.8. The normalized spacial score (nSPS) is 15.9. The minimum absolute atomic E-state index is 0.00527. The van der Waals surface area contributed by atoms with E-state index in [0.717, 1.165) is 41.6 Å². The molecule has 1 N–H and O–H groups in total. The summed E-state index contributed by atoms with van der Waals surface area (Å²) in [4.78, 5) is 15.2. The van der Waals surface area contributed by atoms with E-state index in [1.165, 1.54) is 6.42 Å². The van der Waals surface area contributed by atoms with Gasteiger partial charge in [-0.2, -0.15) is 5.10 Å². The Hall–Kier alpha value is -2.63. The summed E-state index contributed by atoms with van der Waals surface area (Å²) in [6.45, 7) is 3.43. The number of aliphatic hydroxyl groups excluding tert-OH is 1. The molecule has 5 nitrogen and oxygen atoms in total. The molecule has 1 amide bonds. The van der Waals surface area contributed by atoms with E-state index in [1.54, 1.807) is 0 Å². The van der Waals surface area contributed by atoms with Gasteiger partial charge in [0.2, 0.25) is 0 Å². The highest BCUT2D eigenvalue weighted by atomic mass is 35.5. The molecule has 6 heteroatoms. The second kappa shape index (κ2) is 9.67. The first-order chi connectivity index (χ1) is 15.1. The van der Waals surface area contributed by atoms with Crippen molar-refractivity contribution < 1.29 is 9.90 Å². The van der Waals surface area contributed by atoms with Crippen molar-refractivity contribution in [2.24, 2.45) is 0 Å². The monoisotopic (exact) mass is 437 g/mol. The van der Waals surface area contributed by atoms with Crippen LogP contribution in [0.2, 0.25) is 5.02 Å². The van der Waals surface area contributed by atoms with Crippen LogP contribution >= 0.6 is 11.6 Å². The highest BCUT2D eigenvalue weighted by Crippen LogP contribution is 2.30. The maximum Gasteiger partial charge on any atom is 0.272 e. The van der Waals surface area contributed by atoms with Crippen molar-refractivity contribution in [2.75, 3.05) is 6.54 Å². The Labute approximate surface area is 188 Å². The Morgan fingerprint density at radius 3 is 2.45 bits per heavy atom. The number of unbranched alkanes of at least 4 members (excludes halogenated alkanes) is 2. The molecular formula is C25H28ClN3O2. The second-order valence-corrected chi connectivity index (χ2v) is 8.61. The summed E-state index contributed by atoms with van der Waals surface area (Å²) in [5.41, 5.74) is 4.33. The number of fused-ring (bicyclic) bond motifs is 1. The number of aliphatic hydroxyl groups is 1. The van der Waals surface area contributed by atoms with Gasteiger partial charge in [-0.25, -0.2) is 0 Å². The Morgan fingerprint density at radius 2 is 1.77 bits per heavy atom. The Bertz CT molecular complexity index is 1030. The van der Waals surface area contributed by atoms with E-state index in [4.69, 9.17) is 16.7 Å². The van der Waals surface area contributed by atoms with Crippen LogP contribution in [0.1, 0.15) is 60.3 Å². The van der Waals surface area contributed by atoms with Crippen molar-refractivity contribution in [2.45, 2.75) is 51.8 Å². The van der Waals surface area contributed by atoms with Crippen LogP contribution in [0, 0.1) is 0 Å². The fraction of sp³-hybridized carbons (Fsp3) is 0.360. The summed E-state index contributed by atoms with van der Waals surface area (Å²) in [6.07, 6.45) is 4.45. The number of hydrogen-bond donors (Lipinski definition) is 1. The van der Waals surface area contributed by atoms with Gasteiger partial charge in [-0.3, -0.25) is 9.48 Å². The molecule has 1 aliphatic rings. The second-order valence-electron chi connectivity index (χ2n) is 8.18. The molecule has 2 heterocycles. The number of halogens is 1. The third-order valence-corrected chi connectivity index (χ3v) is 6.13. The number of carbonyl (C=O) groups is 1. The zero-order valence-electron chi connectivity index (χ0n) is 17.8. The molecule has 1 atom stereocenters. The lowest BCUT2D eigenvalue weighted by atomic mass is 10.0. The fourth-order valence-corrected chi connectivity index (χ4v) is 4.25.